The van der Waals surface area contributed by atoms with Crippen LogP contribution in [0.4, 0.5) is 36.4 Å². The zero-order chi connectivity index (χ0) is 25.4. The van der Waals surface area contributed by atoms with Crippen LogP contribution in [0.15, 0.2) is 34.8 Å². The summed E-state index contributed by atoms with van der Waals surface area (Å²) < 4.78 is 92.4. The van der Waals surface area contributed by atoms with E-state index in [2.05, 4.69) is 10.3 Å². The first kappa shape index (κ1) is 26.0. The molecule has 0 radical (unpaired) electrons. The van der Waals surface area contributed by atoms with E-state index in [0.717, 1.165) is 19.2 Å². The van der Waals surface area contributed by atoms with E-state index in [1.165, 1.54) is 0 Å². The van der Waals surface area contributed by atoms with Crippen molar-refractivity contribution in [2.24, 2.45) is 10.9 Å². The number of hydrogen-bond acceptors (Lipinski definition) is 4. The first-order chi connectivity index (χ1) is 15.0. The molecule has 1 aliphatic heterocycles. The Balaban J connectivity index is 2.46. The highest BCUT2D eigenvalue weighted by Crippen LogP contribution is 2.53. The maximum absolute atomic E-state index is 14.3. The summed E-state index contributed by atoms with van der Waals surface area (Å²) in [5.74, 6) is -2.81. The number of aliphatic imine (C=N–C) groups is 1. The first-order valence-corrected chi connectivity index (χ1v) is 9.33. The van der Waals surface area contributed by atoms with Gasteiger partial charge in [0, 0.05) is 16.8 Å². The largest absolute Gasteiger partial charge is 0.711 e. The van der Waals surface area contributed by atoms with Gasteiger partial charge in [-0.2, -0.15) is 26.3 Å². The van der Waals surface area contributed by atoms with Crippen LogP contribution in [0.1, 0.15) is 25.0 Å². The van der Waals surface area contributed by atoms with Crippen molar-refractivity contribution >= 4 is 29.9 Å². The molecule has 13 heteroatoms. The number of aldehydes is 1. The summed E-state index contributed by atoms with van der Waals surface area (Å²) in [6.45, 7) is 4.25. The van der Waals surface area contributed by atoms with Crippen LogP contribution in [0.5, 0.6) is 0 Å². The quantitative estimate of drug-likeness (QED) is 0.294. The normalized spacial score (nSPS) is 18.8. The van der Waals surface area contributed by atoms with Gasteiger partial charge in [0.25, 0.3) is 0 Å². The van der Waals surface area contributed by atoms with E-state index in [1.54, 1.807) is 13.8 Å². The number of halogens is 7. The number of rotatable bonds is 5. The van der Waals surface area contributed by atoms with Gasteiger partial charge >= 0.3 is 23.9 Å². The molecule has 0 aliphatic carbocycles. The lowest BCUT2D eigenvalue weighted by molar-refractivity contribution is -0.348. The molecular formula is C20H18F7N3O3. The standard InChI is InChI=1S/C20H18F7N3O3/c1-10(2)28-16-15(12(9-31)6-7-30(16)33)17(32)29-14-5-4-13(8-11(14)3)18(21,19(22,23)24)20(25,26)27/h4-10,15H,1-3H3,(H,29,32). The van der Waals surface area contributed by atoms with E-state index in [0.29, 0.717) is 18.4 Å². The van der Waals surface area contributed by atoms with Gasteiger partial charge in [0.2, 0.25) is 5.91 Å². The molecule has 1 heterocycles. The number of amides is 1. The Labute approximate surface area is 183 Å². The van der Waals surface area contributed by atoms with Gasteiger partial charge < -0.3 is 10.5 Å². The average Bonchev–Trinajstić information content (AvgIpc) is 2.68. The van der Waals surface area contributed by atoms with Crippen molar-refractivity contribution in [1.29, 1.82) is 0 Å². The molecule has 0 bridgehead atoms. The van der Waals surface area contributed by atoms with E-state index in [-0.39, 0.29) is 33.5 Å². The van der Waals surface area contributed by atoms with Gasteiger partial charge in [-0.25, -0.2) is 9.13 Å². The van der Waals surface area contributed by atoms with Crippen molar-refractivity contribution in [3.8, 4) is 0 Å². The maximum Gasteiger partial charge on any atom is 0.435 e. The number of alkyl halides is 7. The van der Waals surface area contributed by atoms with E-state index in [9.17, 15) is 45.5 Å². The number of hydroxylamine groups is 1. The molecule has 0 spiro atoms. The maximum atomic E-state index is 14.3. The number of nitrogens with one attached hydrogen (secondary N) is 1. The van der Waals surface area contributed by atoms with Crippen LogP contribution in [0.3, 0.4) is 0 Å². The smallest absolute Gasteiger partial charge is 0.435 e. The number of anilines is 1. The Bertz CT molecular complexity index is 1030. The minimum Gasteiger partial charge on any atom is -0.711 e. The Morgan fingerprint density at radius 3 is 2.18 bits per heavy atom. The van der Waals surface area contributed by atoms with Crippen molar-refractivity contribution < 1.29 is 45.1 Å². The van der Waals surface area contributed by atoms with E-state index >= 15 is 0 Å². The number of allylic oxidation sites excluding steroid dienone is 1. The molecule has 1 aromatic carbocycles. The monoisotopic (exact) mass is 481 g/mol. The summed E-state index contributed by atoms with van der Waals surface area (Å²) in [5.41, 5.74) is -8.06. The summed E-state index contributed by atoms with van der Waals surface area (Å²) in [7, 11) is 0. The Hall–Kier alpha value is -3.25. The van der Waals surface area contributed by atoms with E-state index < -0.39 is 41.5 Å². The van der Waals surface area contributed by atoms with Gasteiger partial charge in [0.15, 0.2) is 5.92 Å². The molecule has 180 valence electrons. The number of hydrogen-bond donors (Lipinski definition) is 1. The Morgan fingerprint density at radius 1 is 1.15 bits per heavy atom. The first-order valence-electron chi connectivity index (χ1n) is 9.33. The van der Waals surface area contributed by atoms with Crippen LogP contribution >= 0.6 is 0 Å². The molecule has 0 saturated heterocycles. The highest BCUT2D eigenvalue weighted by molar-refractivity contribution is 6.14. The number of carbonyl (C=O) groups excluding carboxylic acids is 2. The van der Waals surface area contributed by atoms with Gasteiger partial charge in [-0.05, 0) is 38.5 Å². The number of nitrogens with zero attached hydrogens (tertiary/aromatic N) is 2. The van der Waals surface area contributed by atoms with Crippen LogP contribution in [0.2, 0.25) is 0 Å². The third-order valence-corrected chi connectivity index (χ3v) is 4.67. The predicted molar refractivity (Wildman–Crippen MR) is 105 cm³/mol. The minimum atomic E-state index is -6.29. The zero-order valence-electron chi connectivity index (χ0n) is 17.4. The molecule has 1 aromatic rings. The van der Waals surface area contributed by atoms with Crippen LogP contribution in [-0.2, 0) is 15.3 Å². The lowest BCUT2D eigenvalue weighted by Gasteiger charge is -2.30. The van der Waals surface area contributed by atoms with E-state index in [1.807, 2.05) is 0 Å². The van der Waals surface area contributed by atoms with Crippen LogP contribution in [0.25, 0.3) is 0 Å². The van der Waals surface area contributed by atoms with Gasteiger partial charge in [-0.1, -0.05) is 17.1 Å². The highest BCUT2D eigenvalue weighted by atomic mass is 19.4. The molecule has 2 rings (SSSR count). The molecule has 1 amide bonds. The Kier molecular flexibility index (Phi) is 7.05. The molecule has 1 unspecified atom stereocenters. The second-order valence-corrected chi connectivity index (χ2v) is 7.45. The molecule has 1 aliphatic rings. The number of carbonyl (C=O) groups is 2. The van der Waals surface area contributed by atoms with Gasteiger partial charge in [-0.3, -0.25) is 9.59 Å². The Morgan fingerprint density at radius 2 is 1.73 bits per heavy atom. The minimum absolute atomic E-state index is 0.148. The van der Waals surface area contributed by atoms with Gasteiger partial charge in [0.05, 0.1) is 6.21 Å². The van der Waals surface area contributed by atoms with Crippen molar-refractivity contribution in [3.63, 3.8) is 0 Å². The molecule has 33 heavy (non-hydrogen) atoms. The summed E-state index contributed by atoms with van der Waals surface area (Å²) in [6, 6.07) is 0.777. The van der Waals surface area contributed by atoms with Crippen molar-refractivity contribution in [1.82, 2.24) is 0 Å². The van der Waals surface area contributed by atoms with Crippen molar-refractivity contribution in [2.45, 2.75) is 44.8 Å². The third-order valence-electron chi connectivity index (χ3n) is 4.67. The predicted octanol–water partition coefficient (Wildman–Crippen LogP) is 4.37. The van der Waals surface area contributed by atoms with Crippen molar-refractivity contribution in [3.05, 3.63) is 46.2 Å². The summed E-state index contributed by atoms with van der Waals surface area (Å²) in [4.78, 5) is 28.2. The topological polar surface area (TPSA) is 84.6 Å². The van der Waals surface area contributed by atoms with Crippen LogP contribution < -0.4 is 5.32 Å². The van der Waals surface area contributed by atoms with Gasteiger partial charge in [-0.15, -0.1) is 0 Å². The fourth-order valence-corrected chi connectivity index (χ4v) is 3.09. The number of amidine groups is 1. The van der Waals surface area contributed by atoms with E-state index in [4.69, 9.17) is 0 Å². The molecule has 6 nitrogen and oxygen atoms in total. The molecule has 1 N–H and O–H groups in total. The molecular weight excluding hydrogens is 463 g/mol. The fraction of sp³-hybridized carbons (Fsp3) is 0.400. The number of benzene rings is 1. The fourth-order valence-electron chi connectivity index (χ4n) is 3.09. The molecule has 0 aromatic heterocycles. The second kappa shape index (κ2) is 8.94. The van der Waals surface area contributed by atoms with Crippen molar-refractivity contribution in [2.75, 3.05) is 5.32 Å². The third kappa shape index (κ3) is 4.91. The highest BCUT2D eigenvalue weighted by Gasteiger charge is 2.73. The van der Waals surface area contributed by atoms with Crippen LogP contribution in [0, 0.1) is 18.0 Å². The van der Waals surface area contributed by atoms with Crippen LogP contribution in [-0.4, -0.2) is 47.4 Å². The lowest BCUT2D eigenvalue weighted by atomic mass is 9.92. The summed E-state index contributed by atoms with van der Waals surface area (Å²) >= 11 is 0. The number of aryl methyl sites for hydroxylation is 1. The second-order valence-electron chi connectivity index (χ2n) is 7.45. The zero-order valence-corrected chi connectivity index (χ0v) is 17.4. The summed E-state index contributed by atoms with van der Waals surface area (Å²) in [5, 5.41) is 14.3. The summed E-state index contributed by atoms with van der Waals surface area (Å²) in [6.07, 6.45) is -10.2. The average molecular weight is 481 g/mol. The SMILES string of the molecule is Cc1cc(C(F)(C(F)(F)F)C(F)(F)F)ccc1NC(=O)C1C(C=O)=CC=[N+]([O-])C1=NC(C)C. The molecule has 1 atom stereocenters. The lowest BCUT2D eigenvalue weighted by Crippen LogP contribution is -2.50. The van der Waals surface area contributed by atoms with Gasteiger partial charge in [0.1, 0.15) is 12.3 Å². The molecule has 0 saturated carbocycles. The molecule has 0 fully saturated rings.